The second kappa shape index (κ2) is 11.5. The number of likely N-dealkylation sites (N-methyl/N-ethyl adjacent to an activating group) is 2. The molecular formula is C27H32BrN7O. The predicted molar refractivity (Wildman–Crippen MR) is 152 cm³/mol. The summed E-state index contributed by atoms with van der Waals surface area (Å²) in [5.41, 5.74) is 6.17. The summed E-state index contributed by atoms with van der Waals surface area (Å²) < 4.78 is 0.769. The highest BCUT2D eigenvalue weighted by Gasteiger charge is 2.14. The van der Waals surface area contributed by atoms with Crippen LogP contribution in [0.3, 0.4) is 0 Å². The molecule has 0 unspecified atom stereocenters. The van der Waals surface area contributed by atoms with Crippen LogP contribution in [0.25, 0.3) is 0 Å². The molecule has 0 aliphatic heterocycles. The summed E-state index contributed by atoms with van der Waals surface area (Å²) in [6.07, 6.45) is 6.46. The number of amides is 1. The highest BCUT2D eigenvalue weighted by molar-refractivity contribution is 9.10. The van der Waals surface area contributed by atoms with Crippen molar-refractivity contribution in [2.45, 2.75) is 19.3 Å². The van der Waals surface area contributed by atoms with E-state index in [1.165, 1.54) is 23.6 Å². The second-order valence-corrected chi connectivity index (χ2v) is 9.98. The number of rotatable bonds is 10. The number of carbonyl (C=O) groups excluding carboxylic acids is 1. The largest absolute Gasteiger partial charge is 0.372 e. The number of anilines is 6. The molecule has 0 bridgehead atoms. The van der Waals surface area contributed by atoms with Crippen LogP contribution in [0.4, 0.5) is 34.5 Å². The molecule has 0 spiro atoms. The van der Waals surface area contributed by atoms with Crippen LogP contribution in [0.2, 0.25) is 0 Å². The van der Waals surface area contributed by atoms with Crippen LogP contribution in [0.5, 0.6) is 0 Å². The minimum Gasteiger partial charge on any atom is -0.372 e. The minimum atomic E-state index is -0.268. The van der Waals surface area contributed by atoms with Gasteiger partial charge >= 0.3 is 0 Å². The first kappa shape index (κ1) is 25.7. The van der Waals surface area contributed by atoms with Gasteiger partial charge in [0.25, 0.3) is 0 Å². The third-order valence-corrected chi connectivity index (χ3v) is 6.68. The van der Waals surface area contributed by atoms with Crippen molar-refractivity contribution in [2.24, 2.45) is 0 Å². The maximum Gasteiger partial charge on any atom is 0.247 e. The van der Waals surface area contributed by atoms with Crippen molar-refractivity contribution in [3.8, 4) is 0 Å². The van der Waals surface area contributed by atoms with E-state index in [-0.39, 0.29) is 5.91 Å². The standard InChI is InChI=1S/C27H32BrN7O/c1-5-25(36)32-23-16-21(11-12-24(23)35(4)14-13-34(2)3)31-27-29-17-22(28)26(33-27)30-20-10-9-18-7-6-8-19(18)15-20/h5,9-12,15-17H,1,6-8,13-14H2,2-4H3,(H,32,36)(H2,29,30,31,33). The van der Waals surface area contributed by atoms with Gasteiger partial charge in [-0.1, -0.05) is 12.6 Å². The Kier molecular flexibility index (Phi) is 8.22. The van der Waals surface area contributed by atoms with E-state index >= 15 is 0 Å². The molecule has 0 saturated heterocycles. The topological polar surface area (TPSA) is 85.4 Å². The number of aromatic nitrogens is 2. The van der Waals surface area contributed by atoms with Crippen LogP contribution in [0.1, 0.15) is 17.5 Å². The van der Waals surface area contributed by atoms with E-state index in [0.717, 1.165) is 47.5 Å². The van der Waals surface area contributed by atoms with Crippen molar-refractivity contribution >= 4 is 56.4 Å². The van der Waals surface area contributed by atoms with E-state index < -0.39 is 0 Å². The van der Waals surface area contributed by atoms with Crippen LogP contribution in [0.15, 0.2) is 59.7 Å². The van der Waals surface area contributed by atoms with Crippen LogP contribution in [-0.4, -0.2) is 55.0 Å². The number of halogens is 1. The Morgan fingerprint density at radius 3 is 2.58 bits per heavy atom. The molecule has 3 aromatic rings. The quantitative estimate of drug-likeness (QED) is 0.294. The fourth-order valence-corrected chi connectivity index (χ4v) is 4.42. The smallest absolute Gasteiger partial charge is 0.247 e. The zero-order chi connectivity index (χ0) is 25.7. The van der Waals surface area contributed by atoms with Crippen LogP contribution in [-0.2, 0) is 17.6 Å². The van der Waals surface area contributed by atoms with Crippen molar-refractivity contribution < 1.29 is 4.79 Å². The summed E-state index contributed by atoms with van der Waals surface area (Å²) in [5.74, 6) is 0.845. The lowest BCUT2D eigenvalue weighted by Gasteiger charge is -2.24. The molecular weight excluding hydrogens is 518 g/mol. The number of fused-ring (bicyclic) bond motifs is 1. The number of nitrogens with zero attached hydrogens (tertiary/aromatic N) is 4. The van der Waals surface area contributed by atoms with Crippen LogP contribution >= 0.6 is 15.9 Å². The van der Waals surface area contributed by atoms with Gasteiger partial charge in [-0.05, 0) is 96.8 Å². The molecule has 1 aromatic heterocycles. The summed E-state index contributed by atoms with van der Waals surface area (Å²) in [6, 6.07) is 12.3. The number of hydrogen-bond acceptors (Lipinski definition) is 7. The van der Waals surface area contributed by atoms with Gasteiger partial charge in [0, 0.05) is 37.7 Å². The average Bonchev–Trinajstić information content (AvgIpc) is 3.32. The first-order valence-electron chi connectivity index (χ1n) is 11.9. The van der Waals surface area contributed by atoms with Gasteiger partial charge in [-0.15, -0.1) is 0 Å². The van der Waals surface area contributed by atoms with Crippen molar-refractivity contribution in [3.05, 3.63) is 70.8 Å². The number of hydrogen-bond donors (Lipinski definition) is 3. The lowest BCUT2D eigenvalue weighted by atomic mass is 10.1. The van der Waals surface area contributed by atoms with Gasteiger partial charge in [-0.2, -0.15) is 4.98 Å². The Bertz CT molecular complexity index is 1260. The number of aryl methyl sites for hydroxylation is 2. The molecule has 0 atom stereocenters. The first-order valence-corrected chi connectivity index (χ1v) is 12.7. The van der Waals surface area contributed by atoms with E-state index in [9.17, 15) is 4.79 Å². The number of nitrogens with one attached hydrogen (secondary N) is 3. The highest BCUT2D eigenvalue weighted by atomic mass is 79.9. The summed E-state index contributed by atoms with van der Waals surface area (Å²) in [7, 11) is 6.07. The van der Waals surface area contributed by atoms with E-state index in [1.54, 1.807) is 6.20 Å². The molecule has 0 saturated carbocycles. The van der Waals surface area contributed by atoms with Gasteiger partial charge in [0.2, 0.25) is 11.9 Å². The molecule has 2 aromatic carbocycles. The molecule has 3 N–H and O–H groups in total. The average molecular weight is 551 g/mol. The van der Waals surface area contributed by atoms with Crippen molar-refractivity contribution in [2.75, 3.05) is 55.1 Å². The SMILES string of the molecule is C=CC(=O)Nc1cc(Nc2ncc(Br)c(Nc3ccc4c(c3)CCC4)n2)ccc1N(C)CCN(C)C. The maximum absolute atomic E-state index is 12.1. The van der Waals surface area contributed by atoms with E-state index in [0.29, 0.717) is 17.5 Å². The third kappa shape index (κ3) is 6.41. The second-order valence-electron chi connectivity index (χ2n) is 9.13. The van der Waals surface area contributed by atoms with Gasteiger partial charge in [0.05, 0.1) is 15.8 Å². The van der Waals surface area contributed by atoms with Gasteiger partial charge in [0.15, 0.2) is 0 Å². The summed E-state index contributed by atoms with van der Waals surface area (Å²) in [5, 5.41) is 9.58. The van der Waals surface area contributed by atoms with Gasteiger partial charge in [0.1, 0.15) is 5.82 Å². The lowest BCUT2D eigenvalue weighted by molar-refractivity contribution is -0.111. The molecule has 4 rings (SSSR count). The fourth-order valence-electron chi connectivity index (χ4n) is 4.13. The first-order chi connectivity index (χ1) is 17.3. The van der Waals surface area contributed by atoms with Gasteiger partial charge in [-0.25, -0.2) is 4.98 Å². The van der Waals surface area contributed by atoms with Gasteiger partial charge in [-0.3, -0.25) is 4.79 Å². The molecule has 0 fully saturated rings. The Labute approximate surface area is 221 Å². The summed E-state index contributed by atoms with van der Waals surface area (Å²) >= 11 is 3.55. The molecule has 9 heteroatoms. The normalized spacial score (nSPS) is 12.2. The zero-order valence-electron chi connectivity index (χ0n) is 20.9. The third-order valence-electron chi connectivity index (χ3n) is 6.10. The fraction of sp³-hybridized carbons (Fsp3) is 0.296. The molecule has 188 valence electrons. The Hall–Kier alpha value is -3.43. The molecule has 1 heterocycles. The van der Waals surface area contributed by atoms with Crippen molar-refractivity contribution in [3.63, 3.8) is 0 Å². The van der Waals surface area contributed by atoms with E-state index in [2.05, 4.69) is 76.4 Å². The minimum absolute atomic E-state index is 0.268. The summed E-state index contributed by atoms with van der Waals surface area (Å²) in [6.45, 7) is 5.27. The highest BCUT2D eigenvalue weighted by Crippen LogP contribution is 2.32. The molecule has 1 aliphatic rings. The summed E-state index contributed by atoms with van der Waals surface area (Å²) in [4.78, 5) is 25.4. The molecule has 36 heavy (non-hydrogen) atoms. The van der Waals surface area contributed by atoms with E-state index in [1.807, 2.05) is 39.3 Å². The number of benzene rings is 2. The predicted octanol–water partition coefficient (Wildman–Crippen LogP) is 5.34. The van der Waals surface area contributed by atoms with Crippen molar-refractivity contribution in [1.82, 2.24) is 14.9 Å². The molecule has 1 aliphatic carbocycles. The van der Waals surface area contributed by atoms with Crippen LogP contribution < -0.4 is 20.9 Å². The Morgan fingerprint density at radius 2 is 1.81 bits per heavy atom. The zero-order valence-corrected chi connectivity index (χ0v) is 22.5. The van der Waals surface area contributed by atoms with Crippen molar-refractivity contribution in [1.29, 1.82) is 0 Å². The Balaban J connectivity index is 1.55. The molecule has 1 amide bonds. The molecule has 0 radical (unpaired) electrons. The van der Waals surface area contributed by atoms with E-state index in [4.69, 9.17) is 0 Å². The lowest BCUT2D eigenvalue weighted by Crippen LogP contribution is -2.29. The Morgan fingerprint density at radius 1 is 1.06 bits per heavy atom. The van der Waals surface area contributed by atoms with Gasteiger partial charge < -0.3 is 25.8 Å². The van der Waals surface area contributed by atoms with Crippen LogP contribution in [0, 0.1) is 0 Å². The molecule has 8 nitrogen and oxygen atoms in total. The maximum atomic E-state index is 12.1. The monoisotopic (exact) mass is 549 g/mol. The number of carbonyl (C=O) groups is 1.